The highest BCUT2D eigenvalue weighted by Gasteiger charge is 2.54. The van der Waals surface area contributed by atoms with E-state index in [1.807, 2.05) is 0 Å². The molecule has 3 aromatic carbocycles. The predicted molar refractivity (Wildman–Crippen MR) is 203 cm³/mol. The second-order valence-electron chi connectivity index (χ2n) is 14.5. The Hall–Kier alpha value is -4.28. The summed E-state index contributed by atoms with van der Waals surface area (Å²) in [6.45, 7) is 4.79. The zero-order chi connectivity index (χ0) is 41.3. The molecule has 0 radical (unpaired) electrons. The fourth-order valence-corrected chi connectivity index (χ4v) is 8.34. The summed E-state index contributed by atoms with van der Waals surface area (Å²) >= 11 is 1.22. The van der Waals surface area contributed by atoms with E-state index in [4.69, 9.17) is 28.7 Å². The molecule has 0 aliphatic carbocycles. The van der Waals surface area contributed by atoms with Gasteiger partial charge < -0.3 is 64.7 Å². The highest BCUT2D eigenvalue weighted by atomic mass is 32.1. The number of aliphatic hydroxyl groups is 7. The van der Waals surface area contributed by atoms with Crippen molar-refractivity contribution in [1.29, 1.82) is 0 Å². The smallest absolute Gasteiger partial charge is 0.350 e. The Bertz CT molecular complexity index is 2060. The minimum absolute atomic E-state index is 0.0415. The van der Waals surface area contributed by atoms with Crippen LogP contribution in [0.1, 0.15) is 42.1 Å². The van der Waals surface area contributed by atoms with E-state index >= 15 is 0 Å². The molecule has 17 nitrogen and oxygen atoms in total. The Kier molecular flexibility index (Phi) is 12.6. The number of benzene rings is 3. The first-order valence-corrected chi connectivity index (χ1v) is 19.6. The van der Waals surface area contributed by atoms with Crippen LogP contribution in [0.5, 0.6) is 17.2 Å². The van der Waals surface area contributed by atoms with Crippen molar-refractivity contribution in [3.05, 3.63) is 77.9 Å². The molecule has 4 heterocycles. The van der Waals surface area contributed by atoms with Crippen LogP contribution in [0.25, 0.3) is 20.5 Å². The number of ketones is 1. The maximum absolute atomic E-state index is 14.4. The molecule has 3 aliphatic rings. The molecule has 4 aromatic rings. The average Bonchev–Trinajstić information content (AvgIpc) is 3.61. The molecular weight excluding hydrogens is 782 g/mol. The van der Waals surface area contributed by atoms with Crippen molar-refractivity contribution in [3.63, 3.8) is 0 Å². The SMILES string of the molecule is C[C@H]1OC(O)(OOc2ccc(-c3sc4cc(OC5O[C@H](C(=O)O)[C@@H](O)[C@H](O)[C@H]5O)ccc4c3C(=O)c3ccc(OCCN4CCCCC4)cc3)cc2)[C@H](O)[C@@H](O)[C@@H]1O. The van der Waals surface area contributed by atoms with E-state index in [0.717, 1.165) is 19.6 Å². The van der Waals surface area contributed by atoms with Crippen molar-refractivity contribution < 1.29 is 79.2 Å². The van der Waals surface area contributed by atoms with E-state index in [2.05, 4.69) is 4.90 Å². The van der Waals surface area contributed by atoms with Gasteiger partial charge in [0, 0.05) is 32.6 Å². The van der Waals surface area contributed by atoms with Crippen LogP contribution in [0.3, 0.4) is 0 Å². The van der Waals surface area contributed by atoms with Crippen LogP contribution in [-0.2, 0) is 19.2 Å². The third-order valence-corrected chi connectivity index (χ3v) is 11.7. The number of carbonyl (C=O) groups is 2. The third kappa shape index (κ3) is 8.69. The summed E-state index contributed by atoms with van der Waals surface area (Å²) in [4.78, 5) is 39.1. The standard InChI is InChI=1S/C40H45NO16S/c1-20-29(42)33(46)37(48)40(51,55-20)57-56-24-11-7-22(8-12-24)36-28(30(43)21-5-9-23(10-6-21)52-18-17-41-15-3-2-4-16-41)26-14-13-25(19-27(26)58-36)53-39-34(47)31(44)32(45)35(54-39)38(49)50/h5-14,19-20,29,31-35,37,39,42,44-48,51H,2-4,15-18H2,1H3,(H,49,50)/t20-,29-,31+,32+,33+,34-,35+,37-,39?,40?/m1/s1. The molecule has 312 valence electrons. The molecule has 0 bridgehead atoms. The van der Waals surface area contributed by atoms with Crippen LogP contribution in [0, 0.1) is 0 Å². The van der Waals surface area contributed by atoms with Crippen LogP contribution in [0.2, 0.25) is 0 Å². The number of fused-ring (bicyclic) bond motifs is 1. The average molecular weight is 828 g/mol. The Morgan fingerprint density at radius 1 is 0.828 bits per heavy atom. The lowest BCUT2D eigenvalue weighted by molar-refractivity contribution is -0.515. The molecule has 10 atom stereocenters. The van der Waals surface area contributed by atoms with Gasteiger partial charge in [0.05, 0.1) is 6.10 Å². The largest absolute Gasteiger partial charge is 0.492 e. The fraction of sp³-hybridized carbons (Fsp3) is 0.450. The predicted octanol–water partition coefficient (Wildman–Crippen LogP) is 1.39. The van der Waals surface area contributed by atoms with Gasteiger partial charge in [0.25, 0.3) is 0 Å². The van der Waals surface area contributed by atoms with Crippen LogP contribution in [-0.4, -0.2) is 145 Å². The molecule has 0 spiro atoms. The summed E-state index contributed by atoms with van der Waals surface area (Å²) in [5.41, 5.74) is 1.28. The first kappa shape index (κ1) is 41.9. The van der Waals surface area contributed by atoms with Crippen molar-refractivity contribution in [2.75, 3.05) is 26.2 Å². The van der Waals surface area contributed by atoms with Crippen molar-refractivity contribution in [3.8, 4) is 27.7 Å². The second-order valence-corrected chi connectivity index (χ2v) is 15.5. The number of piperidine rings is 1. The lowest BCUT2D eigenvalue weighted by Crippen LogP contribution is -2.65. The Labute approximate surface area is 335 Å². The maximum Gasteiger partial charge on any atom is 0.350 e. The van der Waals surface area contributed by atoms with Gasteiger partial charge in [0.2, 0.25) is 6.29 Å². The first-order valence-electron chi connectivity index (χ1n) is 18.8. The van der Waals surface area contributed by atoms with E-state index < -0.39 is 67.1 Å². The lowest BCUT2D eigenvalue weighted by Gasteiger charge is -2.42. The molecule has 7 rings (SSSR count). The molecule has 2 unspecified atom stereocenters. The minimum Gasteiger partial charge on any atom is -0.492 e. The summed E-state index contributed by atoms with van der Waals surface area (Å²) in [7, 11) is 0. The van der Waals surface area contributed by atoms with Crippen LogP contribution < -0.4 is 14.4 Å². The number of carbonyl (C=O) groups excluding carboxylic acids is 1. The molecule has 3 fully saturated rings. The lowest BCUT2D eigenvalue weighted by atomic mass is 9.97. The Morgan fingerprint density at radius 3 is 2.19 bits per heavy atom. The van der Waals surface area contributed by atoms with E-state index in [0.29, 0.717) is 44.0 Å². The van der Waals surface area contributed by atoms with E-state index in [1.165, 1.54) is 55.7 Å². The van der Waals surface area contributed by atoms with Gasteiger partial charge in [-0.25, -0.2) is 4.79 Å². The van der Waals surface area contributed by atoms with Gasteiger partial charge in [-0.3, -0.25) is 9.69 Å². The van der Waals surface area contributed by atoms with Gasteiger partial charge in [-0.2, -0.15) is 0 Å². The molecule has 1 aromatic heterocycles. The monoisotopic (exact) mass is 827 g/mol. The number of thiophene rings is 1. The van der Waals surface area contributed by atoms with E-state index in [-0.39, 0.29) is 17.3 Å². The zero-order valence-corrected chi connectivity index (χ0v) is 32.0. The number of nitrogens with zero attached hydrogens (tertiary/aromatic N) is 1. The fourth-order valence-electron chi connectivity index (χ4n) is 7.11. The number of carboxylic acids is 1. The normalized spacial score (nSPS) is 30.5. The van der Waals surface area contributed by atoms with Gasteiger partial charge in [-0.05, 0) is 105 Å². The van der Waals surface area contributed by atoms with E-state index in [9.17, 15) is 50.4 Å². The molecule has 0 saturated carbocycles. The molecule has 3 saturated heterocycles. The zero-order valence-electron chi connectivity index (χ0n) is 31.2. The first-order chi connectivity index (χ1) is 27.7. The van der Waals surface area contributed by atoms with E-state index in [1.54, 1.807) is 48.5 Å². The van der Waals surface area contributed by atoms with Gasteiger partial charge in [-0.15, -0.1) is 16.2 Å². The van der Waals surface area contributed by atoms with Gasteiger partial charge in [0.1, 0.15) is 48.6 Å². The molecular formula is C40H45NO16S. The summed E-state index contributed by atoms with van der Waals surface area (Å²) in [6, 6.07) is 17.7. The van der Waals surface area contributed by atoms with Crippen molar-refractivity contribution in [2.24, 2.45) is 0 Å². The summed E-state index contributed by atoms with van der Waals surface area (Å²) in [5, 5.41) is 81.9. The maximum atomic E-state index is 14.4. The molecule has 8 N–H and O–H groups in total. The van der Waals surface area contributed by atoms with Crippen molar-refractivity contribution in [2.45, 2.75) is 87.3 Å². The summed E-state index contributed by atoms with van der Waals surface area (Å²) in [5.74, 6) is -3.90. The topological polar surface area (TPSA) is 255 Å². The quantitative estimate of drug-likeness (QED) is 0.0410. The van der Waals surface area contributed by atoms with Gasteiger partial charge in [0.15, 0.2) is 23.7 Å². The number of rotatable bonds is 13. The molecule has 3 aliphatic heterocycles. The summed E-state index contributed by atoms with van der Waals surface area (Å²) in [6.07, 6.45) is -11.9. The van der Waals surface area contributed by atoms with Gasteiger partial charge >= 0.3 is 11.9 Å². The minimum atomic E-state index is -2.80. The summed E-state index contributed by atoms with van der Waals surface area (Å²) < 4.78 is 22.8. The number of aliphatic hydroxyl groups excluding tert-OH is 6. The van der Waals surface area contributed by atoms with Crippen LogP contribution in [0.15, 0.2) is 66.7 Å². The van der Waals surface area contributed by atoms with Crippen LogP contribution in [0.4, 0.5) is 0 Å². The van der Waals surface area contributed by atoms with Crippen LogP contribution >= 0.6 is 11.3 Å². The number of hydrogen-bond donors (Lipinski definition) is 8. The molecule has 18 heteroatoms. The number of aliphatic carboxylic acids is 1. The Balaban J connectivity index is 1.15. The van der Waals surface area contributed by atoms with Gasteiger partial charge in [-0.1, -0.05) is 6.42 Å². The highest BCUT2D eigenvalue weighted by Crippen LogP contribution is 2.42. The number of likely N-dealkylation sites (tertiary alicyclic amines) is 1. The van der Waals surface area contributed by atoms with Crippen molar-refractivity contribution >= 4 is 33.2 Å². The third-order valence-electron chi connectivity index (χ3n) is 10.5. The molecule has 0 amide bonds. The highest BCUT2D eigenvalue weighted by molar-refractivity contribution is 7.22. The second kappa shape index (κ2) is 17.5. The number of ether oxygens (including phenoxy) is 4. The molecule has 58 heavy (non-hydrogen) atoms. The Morgan fingerprint density at radius 2 is 1.50 bits per heavy atom. The number of hydrogen-bond acceptors (Lipinski definition) is 17. The van der Waals surface area contributed by atoms with Crippen molar-refractivity contribution in [1.82, 2.24) is 4.90 Å². The number of carboxylic acid groups (broad SMARTS) is 1.